The number of hydrogen-bond donors (Lipinski definition) is 2. The van der Waals surface area contributed by atoms with Crippen LogP contribution in [0.1, 0.15) is 50.9 Å². The van der Waals surface area contributed by atoms with E-state index in [4.69, 9.17) is 5.73 Å². The Hall–Kier alpha value is -1.52. The number of carbonyl (C=O) groups is 1. The Morgan fingerprint density at radius 3 is 2.50 bits per heavy atom. The van der Waals surface area contributed by atoms with Crippen molar-refractivity contribution in [2.75, 3.05) is 5.73 Å². The number of nitrogens with one attached hydrogen (secondary N) is 1. The molecule has 112 valence electrons. The molecule has 0 bridgehead atoms. The van der Waals surface area contributed by atoms with Gasteiger partial charge in [-0.05, 0) is 44.9 Å². The van der Waals surface area contributed by atoms with Gasteiger partial charge in [0.15, 0.2) is 0 Å². The summed E-state index contributed by atoms with van der Waals surface area (Å²) in [5, 5.41) is 7.42. The lowest BCUT2D eigenvalue weighted by atomic mass is 9.75. The molecule has 1 amide bonds. The van der Waals surface area contributed by atoms with Gasteiger partial charge in [0.05, 0.1) is 17.1 Å². The van der Waals surface area contributed by atoms with Crippen LogP contribution in [-0.2, 0) is 11.3 Å². The zero-order valence-corrected chi connectivity index (χ0v) is 13.0. The maximum atomic E-state index is 12.1. The van der Waals surface area contributed by atoms with Gasteiger partial charge in [0.1, 0.15) is 6.54 Å². The van der Waals surface area contributed by atoms with Crippen LogP contribution in [0, 0.1) is 19.3 Å². The second-order valence-electron chi connectivity index (χ2n) is 6.75. The van der Waals surface area contributed by atoms with Gasteiger partial charge in [0.2, 0.25) is 5.91 Å². The van der Waals surface area contributed by atoms with Crippen molar-refractivity contribution >= 4 is 11.6 Å². The van der Waals surface area contributed by atoms with Crippen molar-refractivity contribution in [2.45, 2.75) is 66.0 Å². The highest BCUT2D eigenvalue weighted by Gasteiger charge is 2.27. The minimum atomic E-state index is 0.0281. The van der Waals surface area contributed by atoms with E-state index in [2.05, 4.69) is 24.3 Å². The normalized spacial score (nSPS) is 19.0. The van der Waals surface area contributed by atoms with E-state index in [1.54, 1.807) is 4.68 Å². The third-order valence-electron chi connectivity index (χ3n) is 4.44. The molecule has 1 aromatic rings. The van der Waals surface area contributed by atoms with Crippen LogP contribution in [-0.4, -0.2) is 21.7 Å². The molecule has 5 nitrogen and oxygen atoms in total. The predicted octanol–water partition coefficient (Wildman–Crippen LogP) is 2.17. The highest BCUT2D eigenvalue weighted by atomic mass is 16.2. The maximum absolute atomic E-state index is 12.1. The maximum Gasteiger partial charge on any atom is 0.241 e. The molecule has 1 aliphatic carbocycles. The summed E-state index contributed by atoms with van der Waals surface area (Å²) in [5.41, 5.74) is 8.63. The van der Waals surface area contributed by atoms with Crippen LogP contribution in [0.25, 0.3) is 0 Å². The van der Waals surface area contributed by atoms with E-state index in [1.807, 2.05) is 13.8 Å². The summed E-state index contributed by atoms with van der Waals surface area (Å²) in [4.78, 5) is 12.1. The number of nitrogen functional groups attached to an aromatic ring is 1. The third kappa shape index (κ3) is 3.32. The standard InChI is InChI=1S/C15H26N4O/c1-10-14(16)11(2)19(18-10)9-13(20)17-12-5-7-15(3,4)8-6-12/h12H,5-9,16H2,1-4H3,(H,17,20). The number of aryl methyl sites for hydroxylation is 1. The quantitative estimate of drug-likeness (QED) is 0.890. The third-order valence-corrected chi connectivity index (χ3v) is 4.44. The second kappa shape index (κ2) is 5.46. The van der Waals surface area contributed by atoms with Gasteiger partial charge in [-0.1, -0.05) is 13.8 Å². The van der Waals surface area contributed by atoms with E-state index >= 15 is 0 Å². The summed E-state index contributed by atoms with van der Waals surface area (Å²) in [6.07, 6.45) is 4.48. The molecule has 0 atom stereocenters. The Bertz CT molecular complexity index is 494. The lowest BCUT2D eigenvalue weighted by molar-refractivity contribution is -0.123. The SMILES string of the molecule is Cc1nn(CC(=O)NC2CCC(C)(C)CC2)c(C)c1N. The van der Waals surface area contributed by atoms with Gasteiger partial charge < -0.3 is 11.1 Å². The zero-order chi connectivity index (χ0) is 14.9. The molecule has 0 saturated heterocycles. The van der Waals surface area contributed by atoms with Gasteiger partial charge in [-0.3, -0.25) is 9.48 Å². The smallest absolute Gasteiger partial charge is 0.241 e. The summed E-state index contributed by atoms with van der Waals surface area (Å²) in [7, 11) is 0. The van der Waals surface area contributed by atoms with E-state index in [1.165, 1.54) is 12.8 Å². The molecule has 3 N–H and O–H groups in total. The molecule has 1 saturated carbocycles. The molecule has 0 spiro atoms. The molecular weight excluding hydrogens is 252 g/mol. The van der Waals surface area contributed by atoms with Crippen molar-refractivity contribution in [3.05, 3.63) is 11.4 Å². The van der Waals surface area contributed by atoms with Gasteiger partial charge in [-0.15, -0.1) is 0 Å². The van der Waals surface area contributed by atoms with Crippen molar-refractivity contribution in [1.82, 2.24) is 15.1 Å². The molecule has 1 aromatic heterocycles. The fraction of sp³-hybridized carbons (Fsp3) is 0.733. The zero-order valence-electron chi connectivity index (χ0n) is 13.0. The molecule has 20 heavy (non-hydrogen) atoms. The topological polar surface area (TPSA) is 72.9 Å². The molecule has 0 radical (unpaired) electrons. The Labute approximate surface area is 120 Å². The van der Waals surface area contributed by atoms with E-state index in [0.29, 0.717) is 17.1 Å². The van der Waals surface area contributed by atoms with E-state index in [9.17, 15) is 4.79 Å². The van der Waals surface area contributed by atoms with Gasteiger partial charge in [-0.25, -0.2) is 0 Å². The summed E-state index contributed by atoms with van der Waals surface area (Å²) in [6, 6.07) is 0.310. The van der Waals surface area contributed by atoms with Crippen molar-refractivity contribution in [3.63, 3.8) is 0 Å². The first-order chi connectivity index (χ1) is 9.28. The average molecular weight is 278 g/mol. The van der Waals surface area contributed by atoms with Crippen molar-refractivity contribution in [3.8, 4) is 0 Å². The first-order valence-corrected chi connectivity index (χ1v) is 7.37. The number of nitrogens with two attached hydrogens (primary N) is 1. The lowest BCUT2D eigenvalue weighted by Crippen LogP contribution is -2.40. The minimum absolute atomic E-state index is 0.0281. The molecule has 0 aliphatic heterocycles. The first-order valence-electron chi connectivity index (χ1n) is 7.37. The molecule has 1 fully saturated rings. The van der Waals surface area contributed by atoms with Crippen molar-refractivity contribution in [1.29, 1.82) is 0 Å². The monoisotopic (exact) mass is 278 g/mol. The van der Waals surface area contributed by atoms with E-state index < -0.39 is 0 Å². The lowest BCUT2D eigenvalue weighted by Gasteiger charge is -2.34. The van der Waals surface area contributed by atoms with Gasteiger partial charge in [0.25, 0.3) is 0 Å². The number of hydrogen-bond acceptors (Lipinski definition) is 3. The number of rotatable bonds is 3. The van der Waals surface area contributed by atoms with Crippen LogP contribution in [0.4, 0.5) is 5.69 Å². The van der Waals surface area contributed by atoms with Crippen LogP contribution in [0.2, 0.25) is 0 Å². The Morgan fingerprint density at radius 1 is 1.40 bits per heavy atom. The fourth-order valence-electron chi connectivity index (χ4n) is 2.82. The van der Waals surface area contributed by atoms with Crippen LogP contribution in [0.5, 0.6) is 0 Å². The number of carbonyl (C=O) groups excluding carboxylic acids is 1. The summed E-state index contributed by atoms with van der Waals surface area (Å²) < 4.78 is 1.69. The van der Waals surface area contributed by atoms with Crippen molar-refractivity contribution < 1.29 is 4.79 Å². The molecule has 5 heteroatoms. The molecule has 2 rings (SSSR count). The Balaban J connectivity index is 1.88. The van der Waals surface area contributed by atoms with Crippen LogP contribution < -0.4 is 11.1 Å². The predicted molar refractivity (Wildman–Crippen MR) is 80.3 cm³/mol. The molecule has 1 aliphatic rings. The van der Waals surface area contributed by atoms with Crippen LogP contribution >= 0.6 is 0 Å². The second-order valence-corrected chi connectivity index (χ2v) is 6.75. The summed E-state index contributed by atoms with van der Waals surface area (Å²) in [6.45, 7) is 8.60. The summed E-state index contributed by atoms with van der Waals surface area (Å²) in [5.74, 6) is 0.0281. The highest BCUT2D eigenvalue weighted by Crippen LogP contribution is 2.34. The molecule has 1 heterocycles. The first kappa shape index (κ1) is 14.9. The molecule has 0 unspecified atom stereocenters. The largest absolute Gasteiger partial charge is 0.396 e. The molecule has 0 aromatic carbocycles. The van der Waals surface area contributed by atoms with Gasteiger partial charge in [-0.2, -0.15) is 5.10 Å². The van der Waals surface area contributed by atoms with E-state index in [-0.39, 0.29) is 12.5 Å². The number of anilines is 1. The Kier molecular flexibility index (Phi) is 4.06. The fourth-order valence-corrected chi connectivity index (χ4v) is 2.82. The molecular formula is C15H26N4O. The minimum Gasteiger partial charge on any atom is -0.396 e. The number of amides is 1. The number of aromatic nitrogens is 2. The van der Waals surface area contributed by atoms with Crippen molar-refractivity contribution in [2.24, 2.45) is 5.41 Å². The highest BCUT2D eigenvalue weighted by molar-refractivity contribution is 5.76. The van der Waals surface area contributed by atoms with Crippen LogP contribution in [0.15, 0.2) is 0 Å². The summed E-state index contributed by atoms with van der Waals surface area (Å²) >= 11 is 0. The average Bonchev–Trinajstić information content (AvgIpc) is 2.60. The number of nitrogens with zero attached hydrogens (tertiary/aromatic N) is 2. The van der Waals surface area contributed by atoms with Gasteiger partial charge in [0, 0.05) is 6.04 Å². The van der Waals surface area contributed by atoms with Crippen LogP contribution in [0.3, 0.4) is 0 Å². The Morgan fingerprint density at radius 2 is 2.00 bits per heavy atom. The van der Waals surface area contributed by atoms with E-state index in [0.717, 1.165) is 24.2 Å². The van der Waals surface area contributed by atoms with Gasteiger partial charge >= 0.3 is 0 Å².